The van der Waals surface area contributed by atoms with E-state index >= 15 is 0 Å². The van der Waals surface area contributed by atoms with Crippen LogP contribution in [0.15, 0.2) is 54.6 Å². The standard InChI is InChI=1S/C21H27ClN2/c1-17(13-15-23-14-4-16-24(2)3)18-5-7-19(8-6-18)20-9-11-21(22)12-10-20/h5-13,23H,4,14-16H2,1-3H3. The molecule has 0 amide bonds. The summed E-state index contributed by atoms with van der Waals surface area (Å²) in [5, 5.41) is 4.24. The van der Waals surface area contributed by atoms with Gasteiger partial charge in [0.15, 0.2) is 0 Å². The molecule has 2 aromatic rings. The van der Waals surface area contributed by atoms with Crippen molar-refractivity contribution in [2.45, 2.75) is 13.3 Å². The number of rotatable bonds is 8. The second-order valence-electron chi connectivity index (χ2n) is 6.33. The van der Waals surface area contributed by atoms with Crippen molar-refractivity contribution < 1.29 is 0 Å². The van der Waals surface area contributed by atoms with E-state index < -0.39 is 0 Å². The molecule has 0 atom stereocenters. The average Bonchev–Trinajstić information content (AvgIpc) is 2.58. The fraction of sp³-hybridized carbons (Fsp3) is 0.333. The van der Waals surface area contributed by atoms with Gasteiger partial charge in [-0.15, -0.1) is 0 Å². The minimum atomic E-state index is 0.771. The molecule has 0 radical (unpaired) electrons. The highest BCUT2D eigenvalue weighted by atomic mass is 35.5. The maximum Gasteiger partial charge on any atom is 0.0406 e. The van der Waals surface area contributed by atoms with E-state index in [1.165, 1.54) is 28.7 Å². The maximum absolute atomic E-state index is 5.95. The summed E-state index contributed by atoms with van der Waals surface area (Å²) in [6.45, 7) is 5.26. The van der Waals surface area contributed by atoms with Gasteiger partial charge in [0.2, 0.25) is 0 Å². The topological polar surface area (TPSA) is 15.3 Å². The smallest absolute Gasteiger partial charge is 0.0406 e. The molecule has 0 saturated carbocycles. The normalized spacial score (nSPS) is 12.0. The molecule has 3 heteroatoms. The molecular formula is C21H27ClN2. The van der Waals surface area contributed by atoms with Gasteiger partial charge in [0.05, 0.1) is 0 Å². The Balaban J connectivity index is 1.87. The molecule has 2 aromatic carbocycles. The Kier molecular flexibility index (Phi) is 7.51. The van der Waals surface area contributed by atoms with Crippen LogP contribution in [0.25, 0.3) is 16.7 Å². The second kappa shape index (κ2) is 9.63. The van der Waals surface area contributed by atoms with Crippen LogP contribution >= 0.6 is 11.6 Å². The number of halogens is 1. The highest BCUT2D eigenvalue weighted by Crippen LogP contribution is 2.23. The van der Waals surface area contributed by atoms with E-state index in [1.54, 1.807) is 0 Å². The first-order valence-corrected chi connectivity index (χ1v) is 8.82. The van der Waals surface area contributed by atoms with Gasteiger partial charge in [0.25, 0.3) is 0 Å². The molecule has 128 valence electrons. The molecular weight excluding hydrogens is 316 g/mol. The fourth-order valence-corrected chi connectivity index (χ4v) is 2.66. The van der Waals surface area contributed by atoms with E-state index in [1.807, 2.05) is 12.1 Å². The molecule has 24 heavy (non-hydrogen) atoms. The molecule has 0 bridgehead atoms. The van der Waals surface area contributed by atoms with Crippen LogP contribution in [0.4, 0.5) is 0 Å². The number of nitrogens with one attached hydrogen (secondary N) is 1. The van der Waals surface area contributed by atoms with Gasteiger partial charge in [-0.05, 0) is 74.9 Å². The SMILES string of the molecule is CC(=CCNCCCN(C)C)c1ccc(-c2ccc(Cl)cc2)cc1. The maximum atomic E-state index is 5.95. The Bertz CT molecular complexity index is 643. The van der Waals surface area contributed by atoms with Crippen LogP contribution in [-0.4, -0.2) is 38.6 Å². The monoisotopic (exact) mass is 342 g/mol. The zero-order valence-corrected chi connectivity index (χ0v) is 15.6. The molecule has 0 unspecified atom stereocenters. The molecule has 2 rings (SSSR count). The molecule has 0 aromatic heterocycles. The minimum Gasteiger partial charge on any atom is -0.313 e. The van der Waals surface area contributed by atoms with Gasteiger partial charge >= 0.3 is 0 Å². The van der Waals surface area contributed by atoms with Gasteiger partial charge in [-0.3, -0.25) is 0 Å². The van der Waals surface area contributed by atoms with E-state index in [4.69, 9.17) is 11.6 Å². The van der Waals surface area contributed by atoms with Gasteiger partial charge in [-0.2, -0.15) is 0 Å². The number of hydrogen-bond acceptors (Lipinski definition) is 2. The van der Waals surface area contributed by atoms with Crippen molar-refractivity contribution in [1.29, 1.82) is 0 Å². The summed E-state index contributed by atoms with van der Waals surface area (Å²) >= 11 is 5.95. The van der Waals surface area contributed by atoms with E-state index in [9.17, 15) is 0 Å². The third-order valence-electron chi connectivity index (χ3n) is 4.03. The van der Waals surface area contributed by atoms with Crippen molar-refractivity contribution >= 4 is 17.2 Å². The third kappa shape index (κ3) is 6.12. The number of nitrogens with zero attached hydrogens (tertiary/aromatic N) is 1. The molecule has 0 saturated heterocycles. The highest BCUT2D eigenvalue weighted by molar-refractivity contribution is 6.30. The molecule has 1 N–H and O–H groups in total. The molecule has 2 nitrogen and oxygen atoms in total. The van der Waals surface area contributed by atoms with Gasteiger partial charge in [-0.25, -0.2) is 0 Å². The first-order chi connectivity index (χ1) is 11.6. The van der Waals surface area contributed by atoms with Crippen LogP contribution in [0.5, 0.6) is 0 Å². The van der Waals surface area contributed by atoms with Crippen LogP contribution < -0.4 is 5.32 Å². The van der Waals surface area contributed by atoms with E-state index in [2.05, 4.69) is 73.7 Å². The number of hydrogen-bond donors (Lipinski definition) is 1. The van der Waals surface area contributed by atoms with Crippen LogP contribution in [0.3, 0.4) is 0 Å². The largest absolute Gasteiger partial charge is 0.313 e. The summed E-state index contributed by atoms with van der Waals surface area (Å²) in [6, 6.07) is 16.7. The number of allylic oxidation sites excluding steroid dienone is 1. The van der Waals surface area contributed by atoms with Crippen molar-refractivity contribution in [2.75, 3.05) is 33.7 Å². The predicted octanol–water partition coefficient (Wildman–Crippen LogP) is 4.95. The first kappa shape index (κ1) is 18.7. The Morgan fingerprint density at radius 1 is 1.00 bits per heavy atom. The summed E-state index contributed by atoms with van der Waals surface area (Å²) < 4.78 is 0. The first-order valence-electron chi connectivity index (χ1n) is 8.45. The van der Waals surface area contributed by atoms with E-state index in [0.717, 1.165) is 24.7 Å². The van der Waals surface area contributed by atoms with Crippen LogP contribution in [0.1, 0.15) is 18.9 Å². The molecule has 0 aliphatic carbocycles. The van der Waals surface area contributed by atoms with Crippen LogP contribution in [0, 0.1) is 0 Å². The fourth-order valence-electron chi connectivity index (χ4n) is 2.53. The molecule has 0 fully saturated rings. The summed E-state index contributed by atoms with van der Waals surface area (Å²) in [4.78, 5) is 2.21. The third-order valence-corrected chi connectivity index (χ3v) is 4.28. The molecule has 0 aliphatic heterocycles. The summed E-state index contributed by atoms with van der Waals surface area (Å²) in [7, 11) is 4.22. The Labute approximate surface area is 151 Å². The zero-order valence-electron chi connectivity index (χ0n) is 14.8. The van der Waals surface area contributed by atoms with Crippen molar-refractivity contribution in [3.63, 3.8) is 0 Å². The Morgan fingerprint density at radius 2 is 1.58 bits per heavy atom. The summed E-state index contributed by atoms with van der Waals surface area (Å²) in [6.07, 6.45) is 3.43. The predicted molar refractivity (Wildman–Crippen MR) is 107 cm³/mol. The minimum absolute atomic E-state index is 0.771. The highest BCUT2D eigenvalue weighted by Gasteiger charge is 2.00. The quantitative estimate of drug-likeness (QED) is 0.683. The second-order valence-corrected chi connectivity index (χ2v) is 6.77. The lowest BCUT2D eigenvalue weighted by Gasteiger charge is -2.09. The van der Waals surface area contributed by atoms with Crippen molar-refractivity contribution in [2.24, 2.45) is 0 Å². The average molecular weight is 343 g/mol. The molecule has 0 heterocycles. The zero-order chi connectivity index (χ0) is 17.4. The van der Waals surface area contributed by atoms with Crippen LogP contribution in [0.2, 0.25) is 5.02 Å². The Hall–Kier alpha value is -1.61. The van der Waals surface area contributed by atoms with Gasteiger partial charge in [-0.1, -0.05) is 54.1 Å². The molecule has 0 aliphatic rings. The van der Waals surface area contributed by atoms with Crippen molar-refractivity contribution in [3.05, 3.63) is 65.2 Å². The lowest BCUT2D eigenvalue weighted by Crippen LogP contribution is -2.21. The van der Waals surface area contributed by atoms with Crippen LogP contribution in [-0.2, 0) is 0 Å². The summed E-state index contributed by atoms with van der Waals surface area (Å²) in [5.41, 5.74) is 4.97. The van der Waals surface area contributed by atoms with E-state index in [0.29, 0.717) is 0 Å². The van der Waals surface area contributed by atoms with Gasteiger partial charge < -0.3 is 10.2 Å². The molecule has 0 spiro atoms. The Morgan fingerprint density at radius 3 is 2.17 bits per heavy atom. The van der Waals surface area contributed by atoms with E-state index in [-0.39, 0.29) is 0 Å². The van der Waals surface area contributed by atoms with Gasteiger partial charge in [0, 0.05) is 11.6 Å². The summed E-state index contributed by atoms with van der Waals surface area (Å²) in [5.74, 6) is 0. The van der Waals surface area contributed by atoms with Gasteiger partial charge in [0.1, 0.15) is 0 Å². The lowest BCUT2D eigenvalue weighted by atomic mass is 10.0. The number of benzene rings is 2. The van der Waals surface area contributed by atoms with Crippen molar-refractivity contribution in [3.8, 4) is 11.1 Å². The van der Waals surface area contributed by atoms with Crippen molar-refractivity contribution in [1.82, 2.24) is 10.2 Å². The lowest BCUT2D eigenvalue weighted by molar-refractivity contribution is 0.396.